The third kappa shape index (κ3) is 3.46. The number of amides is 2. The van der Waals surface area contributed by atoms with Gasteiger partial charge in [-0.05, 0) is 0 Å². The van der Waals surface area contributed by atoms with Gasteiger partial charge < -0.3 is 20.1 Å². The van der Waals surface area contributed by atoms with Crippen molar-refractivity contribution in [3.63, 3.8) is 0 Å². The predicted molar refractivity (Wildman–Crippen MR) is 65.8 cm³/mol. The van der Waals surface area contributed by atoms with E-state index in [1.54, 1.807) is 0 Å². The van der Waals surface area contributed by atoms with E-state index in [4.69, 9.17) is 15.1 Å². The van der Waals surface area contributed by atoms with E-state index in [0.29, 0.717) is 18.8 Å². The summed E-state index contributed by atoms with van der Waals surface area (Å²) >= 11 is 0. The molecular weight excluding hydrogens is 266 g/mol. The first kappa shape index (κ1) is 13.8. The summed E-state index contributed by atoms with van der Waals surface area (Å²) in [6.45, 7) is 0.632. The quantitative estimate of drug-likeness (QED) is 0.785. The molecule has 2 heterocycles. The molecule has 2 N–H and O–H groups in total. The number of nitrogens with zero attached hydrogens (tertiary/aromatic N) is 4. The summed E-state index contributed by atoms with van der Waals surface area (Å²) in [4.78, 5) is 23.9. The molecule has 9 heteroatoms. The van der Waals surface area contributed by atoms with Crippen LogP contribution >= 0.6 is 0 Å². The SMILES string of the molecule is N#CC1CN(C(=O)Nc2cnn(CC(=O)O)c2)CCO1. The molecule has 0 saturated carbocycles. The zero-order valence-corrected chi connectivity index (χ0v) is 10.5. The van der Waals surface area contributed by atoms with Gasteiger partial charge in [0.25, 0.3) is 0 Å². The lowest BCUT2D eigenvalue weighted by Gasteiger charge is -2.29. The number of anilines is 1. The van der Waals surface area contributed by atoms with Crippen molar-refractivity contribution in [2.24, 2.45) is 0 Å². The molecule has 0 bridgehead atoms. The maximum Gasteiger partial charge on any atom is 0.325 e. The zero-order chi connectivity index (χ0) is 14.5. The highest BCUT2D eigenvalue weighted by molar-refractivity contribution is 5.89. The van der Waals surface area contributed by atoms with Gasteiger partial charge in [0.1, 0.15) is 6.54 Å². The number of carbonyl (C=O) groups is 2. The van der Waals surface area contributed by atoms with E-state index in [-0.39, 0.29) is 19.1 Å². The summed E-state index contributed by atoms with van der Waals surface area (Å²) in [6.07, 6.45) is 2.17. The van der Waals surface area contributed by atoms with Crippen molar-refractivity contribution in [1.82, 2.24) is 14.7 Å². The molecule has 1 aliphatic rings. The number of morpholine rings is 1. The first-order valence-corrected chi connectivity index (χ1v) is 5.90. The molecule has 1 aromatic rings. The highest BCUT2D eigenvalue weighted by Crippen LogP contribution is 2.09. The summed E-state index contributed by atoms with van der Waals surface area (Å²) in [5, 5.41) is 23.8. The van der Waals surface area contributed by atoms with Gasteiger partial charge in [0.15, 0.2) is 6.10 Å². The number of carboxylic acids is 1. The molecule has 2 amide bonds. The van der Waals surface area contributed by atoms with E-state index in [1.165, 1.54) is 22.0 Å². The van der Waals surface area contributed by atoms with Crippen molar-refractivity contribution in [3.05, 3.63) is 12.4 Å². The molecule has 20 heavy (non-hydrogen) atoms. The Hall–Kier alpha value is -2.60. The molecule has 1 atom stereocenters. The Bertz CT molecular complexity index is 549. The topological polar surface area (TPSA) is 120 Å². The third-order valence-electron chi connectivity index (χ3n) is 2.68. The van der Waals surface area contributed by atoms with Crippen LogP contribution in [0.15, 0.2) is 12.4 Å². The van der Waals surface area contributed by atoms with Crippen LogP contribution in [0, 0.1) is 11.3 Å². The highest BCUT2D eigenvalue weighted by atomic mass is 16.5. The van der Waals surface area contributed by atoms with Gasteiger partial charge in [-0.25, -0.2) is 4.79 Å². The number of rotatable bonds is 3. The van der Waals surface area contributed by atoms with Crippen molar-refractivity contribution >= 4 is 17.7 Å². The van der Waals surface area contributed by atoms with Crippen LogP contribution in [0.25, 0.3) is 0 Å². The number of ether oxygens (including phenoxy) is 1. The second-order valence-corrected chi connectivity index (χ2v) is 4.19. The van der Waals surface area contributed by atoms with Crippen molar-refractivity contribution in [1.29, 1.82) is 5.26 Å². The van der Waals surface area contributed by atoms with Crippen LogP contribution in [-0.4, -0.2) is 57.6 Å². The number of hydrogen-bond acceptors (Lipinski definition) is 5. The molecule has 1 fully saturated rings. The molecule has 0 radical (unpaired) electrons. The minimum absolute atomic E-state index is 0.200. The molecule has 0 aliphatic carbocycles. The van der Waals surface area contributed by atoms with Crippen LogP contribution in [0.3, 0.4) is 0 Å². The van der Waals surface area contributed by atoms with Crippen LogP contribution in [0.4, 0.5) is 10.5 Å². The van der Waals surface area contributed by atoms with Gasteiger partial charge in [0, 0.05) is 12.7 Å². The summed E-state index contributed by atoms with van der Waals surface area (Å²) in [5.41, 5.74) is 0.399. The predicted octanol–water partition coefficient (Wildman–Crippen LogP) is -0.276. The number of aliphatic carboxylic acids is 1. The second-order valence-electron chi connectivity index (χ2n) is 4.19. The average molecular weight is 279 g/mol. The molecule has 106 valence electrons. The number of nitrogens with one attached hydrogen (secondary N) is 1. The summed E-state index contributed by atoms with van der Waals surface area (Å²) in [5.74, 6) is -1.02. The Morgan fingerprint density at radius 2 is 2.45 bits per heavy atom. The van der Waals surface area contributed by atoms with Gasteiger partial charge in [-0.15, -0.1) is 0 Å². The lowest BCUT2D eigenvalue weighted by molar-refractivity contribution is -0.137. The van der Waals surface area contributed by atoms with Crippen LogP contribution in [0.1, 0.15) is 0 Å². The van der Waals surface area contributed by atoms with Gasteiger partial charge in [-0.1, -0.05) is 0 Å². The molecule has 9 nitrogen and oxygen atoms in total. The van der Waals surface area contributed by atoms with Gasteiger partial charge in [-0.3, -0.25) is 9.48 Å². The molecule has 1 unspecified atom stereocenters. The Kier molecular flexibility index (Phi) is 4.17. The molecule has 1 aliphatic heterocycles. The van der Waals surface area contributed by atoms with Crippen molar-refractivity contribution in [2.75, 3.05) is 25.0 Å². The first-order chi connectivity index (χ1) is 9.58. The van der Waals surface area contributed by atoms with E-state index in [1.807, 2.05) is 6.07 Å². The molecule has 1 aromatic heterocycles. The van der Waals surface area contributed by atoms with Crippen molar-refractivity contribution < 1.29 is 19.4 Å². The fourth-order valence-corrected chi connectivity index (χ4v) is 1.77. The monoisotopic (exact) mass is 279 g/mol. The molecule has 2 rings (SSSR count). The number of nitriles is 1. The minimum Gasteiger partial charge on any atom is -0.480 e. The van der Waals surface area contributed by atoms with Gasteiger partial charge in [-0.2, -0.15) is 10.4 Å². The van der Waals surface area contributed by atoms with Gasteiger partial charge in [0.2, 0.25) is 0 Å². The number of aromatic nitrogens is 2. The highest BCUT2D eigenvalue weighted by Gasteiger charge is 2.24. The largest absolute Gasteiger partial charge is 0.480 e. The number of urea groups is 1. The molecule has 0 spiro atoms. The van der Waals surface area contributed by atoms with E-state index in [0.717, 1.165) is 0 Å². The second kappa shape index (κ2) is 6.03. The van der Waals surface area contributed by atoms with E-state index < -0.39 is 12.1 Å². The third-order valence-corrected chi connectivity index (χ3v) is 2.68. The van der Waals surface area contributed by atoms with E-state index in [2.05, 4.69) is 10.4 Å². The minimum atomic E-state index is -1.02. The Balaban J connectivity index is 1.92. The van der Waals surface area contributed by atoms with Crippen LogP contribution in [0.5, 0.6) is 0 Å². The van der Waals surface area contributed by atoms with Crippen LogP contribution in [-0.2, 0) is 16.1 Å². The van der Waals surface area contributed by atoms with Gasteiger partial charge >= 0.3 is 12.0 Å². The van der Waals surface area contributed by atoms with E-state index in [9.17, 15) is 9.59 Å². The number of carbonyl (C=O) groups excluding carboxylic acids is 1. The number of hydrogen-bond donors (Lipinski definition) is 2. The maximum atomic E-state index is 12.0. The Morgan fingerprint density at radius 1 is 1.65 bits per heavy atom. The summed E-state index contributed by atoms with van der Waals surface area (Å²) in [6, 6.07) is 1.58. The maximum absolute atomic E-state index is 12.0. The zero-order valence-electron chi connectivity index (χ0n) is 10.5. The summed E-state index contributed by atoms with van der Waals surface area (Å²) < 4.78 is 6.34. The Labute approximate surface area is 114 Å². The van der Waals surface area contributed by atoms with Crippen LogP contribution < -0.4 is 5.32 Å². The molecule has 0 aromatic carbocycles. The average Bonchev–Trinajstić information content (AvgIpc) is 2.85. The summed E-state index contributed by atoms with van der Waals surface area (Å²) in [7, 11) is 0. The molecular formula is C11H13N5O4. The van der Waals surface area contributed by atoms with Crippen molar-refractivity contribution in [2.45, 2.75) is 12.6 Å². The van der Waals surface area contributed by atoms with E-state index >= 15 is 0 Å². The Morgan fingerprint density at radius 3 is 3.15 bits per heavy atom. The van der Waals surface area contributed by atoms with Crippen LogP contribution in [0.2, 0.25) is 0 Å². The fourth-order valence-electron chi connectivity index (χ4n) is 1.77. The smallest absolute Gasteiger partial charge is 0.325 e. The lowest BCUT2D eigenvalue weighted by atomic mass is 10.3. The van der Waals surface area contributed by atoms with Crippen molar-refractivity contribution in [3.8, 4) is 6.07 Å². The lowest BCUT2D eigenvalue weighted by Crippen LogP contribution is -2.46. The number of carboxylic acid groups (broad SMARTS) is 1. The van der Waals surface area contributed by atoms with Gasteiger partial charge in [0.05, 0.1) is 31.1 Å². The first-order valence-electron chi connectivity index (χ1n) is 5.90. The normalized spacial score (nSPS) is 18.4. The standard InChI is InChI=1S/C11H13N5O4/c12-3-9-6-15(1-2-20-9)11(19)14-8-4-13-16(5-8)7-10(17)18/h4-5,9H,1-2,6-7H2,(H,14,19)(H,17,18). The fraction of sp³-hybridized carbons (Fsp3) is 0.455. The molecule has 1 saturated heterocycles.